The van der Waals surface area contributed by atoms with Gasteiger partial charge in [0.1, 0.15) is 5.75 Å². The van der Waals surface area contributed by atoms with E-state index in [1.54, 1.807) is 43.4 Å². The molecule has 0 spiro atoms. The smallest absolute Gasteiger partial charge is 0.209 e. The Kier molecular flexibility index (Phi) is 4.35. The van der Waals surface area contributed by atoms with E-state index in [9.17, 15) is 8.42 Å². The Bertz CT molecular complexity index is 729. The van der Waals surface area contributed by atoms with Crippen LogP contribution in [0.2, 0.25) is 0 Å². The molecule has 1 N–H and O–H groups in total. The molecular weight excluding hydrogens is 342 g/mol. The summed E-state index contributed by atoms with van der Waals surface area (Å²) < 4.78 is 31.2. The highest BCUT2D eigenvalue weighted by molar-refractivity contribution is 9.10. The third-order valence-corrected chi connectivity index (χ3v) is 5.68. The largest absolute Gasteiger partial charge is 0.497 e. The molecular formula is C14H14BrNO3S. The molecule has 0 saturated carbocycles. The predicted octanol–water partition coefficient (Wildman–Crippen LogP) is 3.33. The number of hydrogen-bond acceptors (Lipinski definition) is 4. The first kappa shape index (κ1) is 14.9. The molecule has 2 rings (SSSR count). The summed E-state index contributed by atoms with van der Waals surface area (Å²) in [7, 11) is -0.450. The zero-order chi connectivity index (χ0) is 14.8. The summed E-state index contributed by atoms with van der Waals surface area (Å²) in [6.07, 6.45) is 0. The van der Waals surface area contributed by atoms with Crippen LogP contribution in [-0.2, 0) is 9.84 Å². The molecule has 0 fully saturated rings. The van der Waals surface area contributed by atoms with Crippen molar-refractivity contribution < 1.29 is 13.2 Å². The Morgan fingerprint density at radius 2 is 1.80 bits per heavy atom. The van der Waals surface area contributed by atoms with Gasteiger partial charge in [-0.3, -0.25) is 0 Å². The average Bonchev–Trinajstić information content (AvgIpc) is 2.46. The number of sulfone groups is 1. The zero-order valence-corrected chi connectivity index (χ0v) is 13.5. The Morgan fingerprint density at radius 3 is 2.40 bits per heavy atom. The summed E-state index contributed by atoms with van der Waals surface area (Å²) in [5, 5.41) is 2.89. The lowest BCUT2D eigenvalue weighted by molar-refractivity contribution is 0.413. The number of benzene rings is 2. The lowest BCUT2D eigenvalue weighted by Gasteiger charge is -2.12. The average molecular weight is 356 g/mol. The van der Waals surface area contributed by atoms with Crippen LogP contribution < -0.4 is 10.1 Å². The summed E-state index contributed by atoms with van der Waals surface area (Å²) in [5.41, 5.74) is 0.529. The third-order valence-electron chi connectivity index (χ3n) is 2.87. The molecule has 0 unspecified atom stereocenters. The van der Waals surface area contributed by atoms with Gasteiger partial charge in [0, 0.05) is 17.6 Å². The van der Waals surface area contributed by atoms with E-state index in [0.29, 0.717) is 15.9 Å². The van der Waals surface area contributed by atoms with Crippen LogP contribution >= 0.6 is 15.9 Å². The van der Waals surface area contributed by atoms with E-state index in [0.717, 1.165) is 0 Å². The molecule has 2 aromatic carbocycles. The summed E-state index contributed by atoms with van der Waals surface area (Å²) in [5.74, 6) is 0.495. The standard InChI is InChI=1S/C14H14BrNO3S/c1-16-12-8-7-10(19-2)9-14(12)20(17,18)13-6-4-3-5-11(13)15/h3-9,16H,1-2H3. The van der Waals surface area contributed by atoms with Gasteiger partial charge in [-0.15, -0.1) is 0 Å². The maximum absolute atomic E-state index is 12.8. The molecule has 0 radical (unpaired) electrons. The van der Waals surface area contributed by atoms with Crippen LogP contribution in [0.25, 0.3) is 0 Å². The topological polar surface area (TPSA) is 55.4 Å². The van der Waals surface area contributed by atoms with E-state index < -0.39 is 9.84 Å². The number of ether oxygens (including phenoxy) is 1. The Balaban J connectivity index is 2.69. The van der Waals surface area contributed by atoms with E-state index in [2.05, 4.69) is 21.2 Å². The van der Waals surface area contributed by atoms with Gasteiger partial charge in [0.2, 0.25) is 9.84 Å². The van der Waals surface area contributed by atoms with Gasteiger partial charge < -0.3 is 10.1 Å². The van der Waals surface area contributed by atoms with Crippen molar-refractivity contribution in [3.8, 4) is 5.75 Å². The monoisotopic (exact) mass is 355 g/mol. The first-order valence-corrected chi connectivity index (χ1v) is 8.13. The van der Waals surface area contributed by atoms with Gasteiger partial charge in [-0.2, -0.15) is 0 Å². The molecule has 106 valence electrons. The highest BCUT2D eigenvalue weighted by Crippen LogP contribution is 2.33. The predicted molar refractivity (Wildman–Crippen MR) is 82.1 cm³/mol. The summed E-state index contributed by atoms with van der Waals surface area (Å²) in [6, 6.07) is 11.6. The first-order valence-electron chi connectivity index (χ1n) is 5.86. The minimum absolute atomic E-state index is 0.186. The van der Waals surface area contributed by atoms with E-state index in [1.807, 2.05) is 0 Å². The van der Waals surface area contributed by atoms with Gasteiger partial charge in [0.15, 0.2) is 0 Å². The van der Waals surface area contributed by atoms with Gasteiger partial charge in [-0.25, -0.2) is 8.42 Å². The van der Waals surface area contributed by atoms with Crippen LogP contribution in [0.3, 0.4) is 0 Å². The SMILES string of the molecule is CNc1ccc(OC)cc1S(=O)(=O)c1ccccc1Br. The molecule has 0 aliphatic rings. The normalized spacial score (nSPS) is 11.2. The molecule has 0 amide bonds. The second-order valence-electron chi connectivity index (χ2n) is 4.05. The Hall–Kier alpha value is -1.53. The van der Waals surface area contributed by atoms with E-state index in [4.69, 9.17) is 4.74 Å². The van der Waals surface area contributed by atoms with Crippen LogP contribution in [-0.4, -0.2) is 22.6 Å². The van der Waals surface area contributed by atoms with Gasteiger partial charge >= 0.3 is 0 Å². The second kappa shape index (κ2) is 5.85. The third kappa shape index (κ3) is 2.66. The van der Waals surface area contributed by atoms with Crippen molar-refractivity contribution in [1.29, 1.82) is 0 Å². The lowest BCUT2D eigenvalue weighted by Crippen LogP contribution is -2.07. The summed E-state index contributed by atoms with van der Waals surface area (Å²) in [4.78, 5) is 0.413. The molecule has 0 aromatic heterocycles. The Labute approximate surface area is 126 Å². The number of methoxy groups -OCH3 is 1. The molecule has 6 heteroatoms. The fourth-order valence-electron chi connectivity index (χ4n) is 1.84. The minimum Gasteiger partial charge on any atom is -0.497 e. The fraction of sp³-hybridized carbons (Fsp3) is 0.143. The summed E-state index contributed by atoms with van der Waals surface area (Å²) in [6.45, 7) is 0. The van der Waals surface area contributed by atoms with E-state index in [-0.39, 0.29) is 9.79 Å². The Morgan fingerprint density at radius 1 is 1.10 bits per heavy atom. The van der Waals surface area contributed by atoms with Crippen LogP contribution in [0.15, 0.2) is 56.7 Å². The molecule has 0 aliphatic heterocycles. The van der Waals surface area contributed by atoms with E-state index in [1.165, 1.54) is 13.2 Å². The van der Waals surface area contributed by atoms with Crippen LogP contribution in [0, 0.1) is 0 Å². The van der Waals surface area contributed by atoms with Crippen molar-refractivity contribution in [2.24, 2.45) is 0 Å². The second-order valence-corrected chi connectivity index (χ2v) is 6.79. The quantitative estimate of drug-likeness (QED) is 0.913. The lowest BCUT2D eigenvalue weighted by atomic mass is 10.3. The zero-order valence-electron chi connectivity index (χ0n) is 11.1. The highest BCUT2D eigenvalue weighted by Gasteiger charge is 2.23. The first-order chi connectivity index (χ1) is 9.50. The van der Waals surface area contributed by atoms with Crippen molar-refractivity contribution in [3.63, 3.8) is 0 Å². The number of hydrogen-bond donors (Lipinski definition) is 1. The molecule has 0 atom stereocenters. The molecule has 0 heterocycles. The van der Waals surface area contributed by atoms with Crippen LogP contribution in [0.4, 0.5) is 5.69 Å². The number of rotatable bonds is 4. The van der Waals surface area contributed by atoms with Crippen LogP contribution in [0.1, 0.15) is 0 Å². The van der Waals surface area contributed by atoms with Crippen molar-refractivity contribution in [1.82, 2.24) is 0 Å². The summed E-state index contributed by atoms with van der Waals surface area (Å²) >= 11 is 3.28. The number of nitrogens with one attached hydrogen (secondary N) is 1. The van der Waals surface area contributed by atoms with Crippen molar-refractivity contribution >= 4 is 31.5 Å². The van der Waals surface area contributed by atoms with Gasteiger partial charge in [-0.05, 0) is 40.2 Å². The van der Waals surface area contributed by atoms with Crippen LogP contribution in [0.5, 0.6) is 5.75 Å². The molecule has 2 aromatic rings. The number of halogens is 1. The van der Waals surface area contributed by atoms with Crippen molar-refractivity contribution in [2.45, 2.75) is 9.79 Å². The van der Waals surface area contributed by atoms with Crippen molar-refractivity contribution in [2.75, 3.05) is 19.5 Å². The number of anilines is 1. The van der Waals surface area contributed by atoms with Crippen molar-refractivity contribution in [3.05, 3.63) is 46.9 Å². The van der Waals surface area contributed by atoms with Gasteiger partial charge in [-0.1, -0.05) is 12.1 Å². The van der Waals surface area contributed by atoms with E-state index >= 15 is 0 Å². The molecule has 0 saturated heterocycles. The van der Waals surface area contributed by atoms with Gasteiger partial charge in [0.05, 0.1) is 22.6 Å². The molecule has 0 aliphatic carbocycles. The van der Waals surface area contributed by atoms with Gasteiger partial charge in [0.25, 0.3) is 0 Å². The molecule has 20 heavy (non-hydrogen) atoms. The molecule has 0 bridgehead atoms. The fourth-order valence-corrected chi connectivity index (χ4v) is 4.31. The maximum atomic E-state index is 12.8. The highest BCUT2D eigenvalue weighted by atomic mass is 79.9. The minimum atomic E-state index is -3.63. The molecule has 4 nitrogen and oxygen atoms in total. The maximum Gasteiger partial charge on any atom is 0.209 e.